The summed E-state index contributed by atoms with van der Waals surface area (Å²) in [5.41, 5.74) is 6.07. The summed E-state index contributed by atoms with van der Waals surface area (Å²) in [6.45, 7) is 8.48. The van der Waals surface area contributed by atoms with Crippen LogP contribution < -0.4 is 5.73 Å². The fourth-order valence-corrected chi connectivity index (χ4v) is 2.15. The topological polar surface area (TPSA) is 47.7 Å². The van der Waals surface area contributed by atoms with Gasteiger partial charge in [0.05, 0.1) is 26.4 Å². The van der Waals surface area contributed by atoms with E-state index in [1.54, 1.807) is 0 Å². The van der Waals surface area contributed by atoms with Gasteiger partial charge in [0.15, 0.2) is 0 Å². The molecule has 0 amide bonds. The first-order valence-electron chi connectivity index (χ1n) is 5.33. The first-order valence-corrected chi connectivity index (χ1v) is 5.33. The largest absolute Gasteiger partial charge is 0.380 e. The summed E-state index contributed by atoms with van der Waals surface area (Å²) in [4.78, 5) is 2.45. The molecule has 2 aliphatic rings. The first kappa shape index (κ1) is 10.4. The molecule has 0 aromatic heterocycles. The van der Waals surface area contributed by atoms with E-state index in [4.69, 9.17) is 15.2 Å². The Labute approximate surface area is 85.3 Å². The van der Waals surface area contributed by atoms with Crippen LogP contribution in [0.1, 0.15) is 6.92 Å². The fourth-order valence-electron chi connectivity index (χ4n) is 2.15. The van der Waals surface area contributed by atoms with Crippen LogP contribution >= 0.6 is 0 Å². The lowest BCUT2D eigenvalue weighted by Gasteiger charge is -2.45. The van der Waals surface area contributed by atoms with Crippen LogP contribution in [0.5, 0.6) is 0 Å². The fraction of sp³-hybridized carbons (Fsp3) is 1.00. The number of ether oxygens (including phenoxy) is 2. The molecule has 2 saturated heterocycles. The van der Waals surface area contributed by atoms with Crippen molar-refractivity contribution < 1.29 is 9.47 Å². The molecule has 0 aromatic carbocycles. The Morgan fingerprint density at radius 2 is 2.21 bits per heavy atom. The maximum atomic E-state index is 5.72. The highest BCUT2D eigenvalue weighted by Crippen LogP contribution is 2.28. The van der Waals surface area contributed by atoms with Gasteiger partial charge in [-0.15, -0.1) is 0 Å². The molecule has 1 atom stereocenters. The van der Waals surface area contributed by atoms with Crippen molar-refractivity contribution in [2.24, 2.45) is 11.1 Å². The van der Waals surface area contributed by atoms with Crippen molar-refractivity contribution in [1.82, 2.24) is 4.90 Å². The second kappa shape index (κ2) is 4.14. The molecule has 0 spiro atoms. The lowest BCUT2D eigenvalue weighted by atomic mass is 9.87. The standard InChI is InChI=1S/C10H20N2O2/c1-10(7-14-8-10)6-12-2-3-13-5-9(12)4-11/h9H,2-8,11H2,1H3. The Morgan fingerprint density at radius 1 is 1.43 bits per heavy atom. The zero-order valence-corrected chi connectivity index (χ0v) is 8.87. The van der Waals surface area contributed by atoms with E-state index < -0.39 is 0 Å². The molecule has 0 radical (unpaired) electrons. The molecule has 2 heterocycles. The van der Waals surface area contributed by atoms with E-state index in [0.717, 1.165) is 39.5 Å². The van der Waals surface area contributed by atoms with Crippen molar-refractivity contribution in [3.8, 4) is 0 Å². The minimum absolute atomic E-state index is 0.352. The number of rotatable bonds is 3. The van der Waals surface area contributed by atoms with Crippen LogP contribution in [-0.2, 0) is 9.47 Å². The number of nitrogens with two attached hydrogens (primary N) is 1. The maximum absolute atomic E-state index is 5.72. The lowest BCUT2D eigenvalue weighted by Crippen LogP contribution is -2.56. The van der Waals surface area contributed by atoms with Crippen LogP contribution in [0.2, 0.25) is 0 Å². The van der Waals surface area contributed by atoms with Crippen molar-refractivity contribution in [1.29, 1.82) is 0 Å². The van der Waals surface area contributed by atoms with Crippen molar-refractivity contribution in [2.75, 3.05) is 46.1 Å². The highest BCUT2D eigenvalue weighted by molar-refractivity contribution is 4.87. The van der Waals surface area contributed by atoms with Crippen molar-refractivity contribution in [2.45, 2.75) is 13.0 Å². The maximum Gasteiger partial charge on any atom is 0.0634 e. The van der Waals surface area contributed by atoms with Gasteiger partial charge in [-0.25, -0.2) is 0 Å². The van der Waals surface area contributed by atoms with E-state index in [-0.39, 0.29) is 0 Å². The third-order valence-corrected chi connectivity index (χ3v) is 3.11. The molecule has 2 rings (SSSR count). The van der Waals surface area contributed by atoms with Gasteiger partial charge in [0.25, 0.3) is 0 Å². The zero-order chi connectivity index (χ0) is 10.0. The molecular formula is C10H20N2O2. The normalized spacial score (nSPS) is 32.6. The van der Waals surface area contributed by atoms with Crippen LogP contribution in [0, 0.1) is 5.41 Å². The molecule has 4 heteroatoms. The molecule has 0 saturated carbocycles. The quantitative estimate of drug-likeness (QED) is 0.678. The third kappa shape index (κ3) is 2.08. The molecule has 2 fully saturated rings. The van der Waals surface area contributed by atoms with Crippen LogP contribution in [-0.4, -0.2) is 57.0 Å². The van der Waals surface area contributed by atoms with Gasteiger partial charge < -0.3 is 15.2 Å². The summed E-state index contributed by atoms with van der Waals surface area (Å²) in [6, 6.07) is 0.404. The first-order chi connectivity index (χ1) is 6.73. The van der Waals surface area contributed by atoms with Crippen LogP contribution in [0.3, 0.4) is 0 Å². The van der Waals surface area contributed by atoms with Gasteiger partial charge in [0.2, 0.25) is 0 Å². The van der Waals surface area contributed by atoms with Gasteiger partial charge in [0.1, 0.15) is 0 Å². The molecule has 4 nitrogen and oxygen atoms in total. The number of morpholine rings is 1. The van der Waals surface area contributed by atoms with E-state index >= 15 is 0 Å². The minimum atomic E-state index is 0.352. The number of nitrogens with zero attached hydrogens (tertiary/aromatic N) is 1. The van der Waals surface area contributed by atoms with Crippen LogP contribution in [0.4, 0.5) is 0 Å². The smallest absolute Gasteiger partial charge is 0.0634 e. The second-order valence-electron chi connectivity index (χ2n) is 4.74. The molecule has 1 unspecified atom stereocenters. The SMILES string of the molecule is CC1(CN2CCOCC2CN)COC1. The average molecular weight is 200 g/mol. The van der Waals surface area contributed by atoms with Gasteiger partial charge in [-0.2, -0.15) is 0 Å². The Morgan fingerprint density at radius 3 is 2.79 bits per heavy atom. The van der Waals surface area contributed by atoms with Gasteiger partial charge in [-0.1, -0.05) is 6.92 Å². The number of hydrogen-bond donors (Lipinski definition) is 1. The zero-order valence-electron chi connectivity index (χ0n) is 8.87. The molecular weight excluding hydrogens is 180 g/mol. The van der Waals surface area contributed by atoms with Crippen molar-refractivity contribution >= 4 is 0 Å². The van der Waals surface area contributed by atoms with E-state index in [1.165, 1.54) is 0 Å². The van der Waals surface area contributed by atoms with E-state index in [9.17, 15) is 0 Å². The van der Waals surface area contributed by atoms with Crippen LogP contribution in [0.25, 0.3) is 0 Å². The molecule has 82 valence electrons. The summed E-state index contributed by atoms with van der Waals surface area (Å²) in [7, 11) is 0. The lowest BCUT2D eigenvalue weighted by molar-refractivity contribution is -0.130. The summed E-state index contributed by atoms with van der Waals surface area (Å²) in [5.74, 6) is 0. The Hall–Kier alpha value is -0.160. The predicted molar refractivity (Wildman–Crippen MR) is 54.2 cm³/mol. The monoisotopic (exact) mass is 200 g/mol. The molecule has 2 N–H and O–H groups in total. The van der Waals surface area contributed by atoms with Gasteiger partial charge in [-0.05, 0) is 0 Å². The predicted octanol–water partition coefficient (Wildman–Crippen LogP) is -0.318. The van der Waals surface area contributed by atoms with Gasteiger partial charge in [-0.3, -0.25) is 4.90 Å². The molecule has 2 aliphatic heterocycles. The van der Waals surface area contributed by atoms with E-state index in [0.29, 0.717) is 18.0 Å². The summed E-state index contributed by atoms with van der Waals surface area (Å²) >= 11 is 0. The number of hydrogen-bond acceptors (Lipinski definition) is 4. The second-order valence-corrected chi connectivity index (χ2v) is 4.74. The average Bonchev–Trinajstić information content (AvgIpc) is 2.16. The summed E-state index contributed by atoms with van der Waals surface area (Å²) < 4.78 is 10.7. The summed E-state index contributed by atoms with van der Waals surface area (Å²) in [5, 5.41) is 0. The Balaban J connectivity index is 1.87. The minimum Gasteiger partial charge on any atom is -0.380 e. The van der Waals surface area contributed by atoms with Crippen molar-refractivity contribution in [3.63, 3.8) is 0 Å². The summed E-state index contributed by atoms with van der Waals surface area (Å²) in [6.07, 6.45) is 0. The Bertz CT molecular complexity index is 195. The molecule has 0 aromatic rings. The highest BCUT2D eigenvalue weighted by atomic mass is 16.5. The van der Waals surface area contributed by atoms with E-state index in [2.05, 4.69) is 11.8 Å². The van der Waals surface area contributed by atoms with E-state index in [1.807, 2.05) is 0 Å². The molecule has 0 bridgehead atoms. The van der Waals surface area contributed by atoms with Crippen molar-refractivity contribution in [3.05, 3.63) is 0 Å². The third-order valence-electron chi connectivity index (χ3n) is 3.11. The Kier molecular flexibility index (Phi) is 3.07. The van der Waals surface area contributed by atoms with Crippen LogP contribution in [0.15, 0.2) is 0 Å². The van der Waals surface area contributed by atoms with Gasteiger partial charge >= 0.3 is 0 Å². The molecule has 14 heavy (non-hydrogen) atoms. The highest BCUT2D eigenvalue weighted by Gasteiger charge is 2.37. The van der Waals surface area contributed by atoms with Gasteiger partial charge in [0, 0.05) is 31.1 Å². The molecule has 0 aliphatic carbocycles.